The van der Waals surface area contributed by atoms with E-state index in [-0.39, 0.29) is 0 Å². The minimum absolute atomic E-state index is 0.414. The summed E-state index contributed by atoms with van der Waals surface area (Å²) in [4.78, 5) is 2.54. The van der Waals surface area contributed by atoms with Gasteiger partial charge < -0.3 is 5.73 Å². The van der Waals surface area contributed by atoms with Gasteiger partial charge in [0.05, 0.1) is 0 Å². The Morgan fingerprint density at radius 3 is 2.58 bits per heavy atom. The zero-order chi connectivity index (χ0) is 9.19. The Morgan fingerprint density at radius 1 is 1.42 bits per heavy atom. The van der Waals surface area contributed by atoms with Gasteiger partial charge in [0.2, 0.25) is 0 Å². The lowest BCUT2D eigenvalue weighted by Gasteiger charge is -2.30. The average Bonchev–Trinajstić information content (AvgIpc) is 2.31. The lowest BCUT2D eigenvalue weighted by molar-refractivity contribution is 0.180. The van der Waals surface area contributed by atoms with Gasteiger partial charge in [-0.2, -0.15) is 0 Å². The van der Waals surface area contributed by atoms with E-state index in [4.69, 9.17) is 5.73 Å². The van der Waals surface area contributed by atoms with Gasteiger partial charge in [-0.3, -0.25) is 4.90 Å². The van der Waals surface area contributed by atoms with Crippen LogP contribution in [0.2, 0.25) is 0 Å². The van der Waals surface area contributed by atoms with E-state index in [0.717, 1.165) is 6.54 Å². The Morgan fingerprint density at radius 2 is 2.08 bits per heavy atom. The molecule has 0 radical (unpaired) electrons. The lowest BCUT2D eigenvalue weighted by atomic mass is 9.96. The van der Waals surface area contributed by atoms with Crippen LogP contribution in [0.25, 0.3) is 0 Å². The molecular weight excluding hydrogens is 148 g/mol. The minimum Gasteiger partial charge on any atom is -0.329 e. The summed E-state index contributed by atoms with van der Waals surface area (Å²) >= 11 is 0. The second-order valence-electron chi connectivity index (χ2n) is 5.06. The third-order valence-electron chi connectivity index (χ3n) is 2.45. The Hall–Kier alpha value is -0.0800. The third-order valence-corrected chi connectivity index (χ3v) is 2.45. The molecule has 0 amide bonds. The number of nitrogens with two attached hydrogens (primary N) is 1. The molecule has 1 aliphatic rings. The fourth-order valence-corrected chi connectivity index (χ4v) is 1.98. The van der Waals surface area contributed by atoms with E-state index in [0.29, 0.717) is 11.5 Å². The number of nitrogens with zero attached hydrogens (tertiary/aromatic N) is 1. The third kappa shape index (κ3) is 2.76. The topological polar surface area (TPSA) is 29.3 Å². The Labute approximate surface area is 76.1 Å². The Bertz CT molecular complexity index is 137. The number of hydrogen-bond acceptors (Lipinski definition) is 2. The van der Waals surface area contributed by atoms with Gasteiger partial charge in [-0.15, -0.1) is 0 Å². The summed E-state index contributed by atoms with van der Waals surface area (Å²) in [6.45, 7) is 10.1. The normalized spacial score (nSPS) is 26.5. The van der Waals surface area contributed by atoms with Gasteiger partial charge >= 0.3 is 0 Å². The van der Waals surface area contributed by atoms with Crippen molar-refractivity contribution in [2.45, 2.75) is 39.7 Å². The molecule has 2 N–H and O–H groups in total. The molecule has 0 spiro atoms. The van der Waals surface area contributed by atoms with Crippen molar-refractivity contribution >= 4 is 0 Å². The maximum absolute atomic E-state index is 5.70. The molecule has 72 valence electrons. The monoisotopic (exact) mass is 170 g/mol. The molecule has 1 rings (SSSR count). The largest absolute Gasteiger partial charge is 0.329 e. The van der Waals surface area contributed by atoms with Gasteiger partial charge in [-0.1, -0.05) is 20.8 Å². The molecule has 0 aromatic carbocycles. The second kappa shape index (κ2) is 3.75. The molecule has 12 heavy (non-hydrogen) atoms. The maximum Gasteiger partial charge on any atom is 0.0219 e. The average molecular weight is 170 g/mol. The molecule has 1 aliphatic heterocycles. The molecule has 0 unspecified atom stereocenters. The highest BCUT2D eigenvalue weighted by Crippen LogP contribution is 2.22. The predicted molar refractivity (Wildman–Crippen MR) is 53.1 cm³/mol. The number of likely N-dealkylation sites (tertiary alicyclic amines) is 1. The van der Waals surface area contributed by atoms with Crippen LogP contribution < -0.4 is 5.73 Å². The van der Waals surface area contributed by atoms with Crippen LogP contribution in [-0.2, 0) is 0 Å². The van der Waals surface area contributed by atoms with E-state index < -0.39 is 0 Å². The maximum atomic E-state index is 5.70. The van der Waals surface area contributed by atoms with Crippen LogP contribution in [0, 0.1) is 5.41 Å². The first kappa shape index (κ1) is 10.0. The second-order valence-corrected chi connectivity index (χ2v) is 5.06. The first-order valence-corrected chi connectivity index (χ1v) is 4.97. The van der Waals surface area contributed by atoms with Gasteiger partial charge in [0, 0.05) is 19.1 Å². The molecule has 1 fully saturated rings. The quantitative estimate of drug-likeness (QED) is 0.680. The van der Waals surface area contributed by atoms with Crippen LogP contribution in [0.5, 0.6) is 0 Å². The highest BCUT2D eigenvalue weighted by atomic mass is 15.2. The van der Waals surface area contributed by atoms with Gasteiger partial charge in [-0.25, -0.2) is 0 Å². The van der Waals surface area contributed by atoms with Crippen molar-refractivity contribution < 1.29 is 0 Å². The van der Waals surface area contributed by atoms with Crippen LogP contribution in [0.3, 0.4) is 0 Å². The standard InChI is InChI=1S/C10H22N2/c1-10(2,3)8-12-6-4-5-9(12)7-11/h9H,4-8,11H2,1-3H3/t9-/m1/s1. The van der Waals surface area contributed by atoms with E-state index in [2.05, 4.69) is 25.7 Å². The van der Waals surface area contributed by atoms with E-state index >= 15 is 0 Å². The summed E-state index contributed by atoms with van der Waals surface area (Å²) in [5.74, 6) is 0. The smallest absolute Gasteiger partial charge is 0.0219 e. The molecule has 2 heteroatoms. The molecule has 0 saturated carbocycles. The lowest BCUT2D eigenvalue weighted by Crippen LogP contribution is -2.40. The van der Waals surface area contributed by atoms with Crippen molar-refractivity contribution in [3.63, 3.8) is 0 Å². The molecule has 0 aromatic heterocycles. The van der Waals surface area contributed by atoms with E-state index in [1.54, 1.807) is 0 Å². The van der Waals surface area contributed by atoms with Gasteiger partial charge in [0.15, 0.2) is 0 Å². The predicted octanol–water partition coefficient (Wildman–Crippen LogP) is 1.46. The first-order valence-electron chi connectivity index (χ1n) is 4.97. The summed E-state index contributed by atoms with van der Waals surface area (Å²) in [6.07, 6.45) is 2.63. The van der Waals surface area contributed by atoms with E-state index in [1.165, 1.54) is 25.9 Å². The summed E-state index contributed by atoms with van der Waals surface area (Å²) < 4.78 is 0. The van der Waals surface area contributed by atoms with E-state index in [1.807, 2.05) is 0 Å². The molecule has 0 bridgehead atoms. The van der Waals surface area contributed by atoms with Gasteiger partial charge in [-0.05, 0) is 24.8 Å². The summed E-state index contributed by atoms with van der Waals surface area (Å²) in [6, 6.07) is 0.657. The highest BCUT2D eigenvalue weighted by molar-refractivity contribution is 4.82. The summed E-state index contributed by atoms with van der Waals surface area (Å²) in [5, 5.41) is 0. The fourth-order valence-electron chi connectivity index (χ4n) is 1.98. The Balaban J connectivity index is 2.41. The Kier molecular flexibility index (Phi) is 3.13. The van der Waals surface area contributed by atoms with Crippen LogP contribution in [0.15, 0.2) is 0 Å². The first-order chi connectivity index (χ1) is 5.53. The van der Waals surface area contributed by atoms with Crippen molar-refractivity contribution in [2.24, 2.45) is 11.1 Å². The van der Waals surface area contributed by atoms with Crippen molar-refractivity contribution in [3.05, 3.63) is 0 Å². The van der Waals surface area contributed by atoms with Crippen molar-refractivity contribution in [3.8, 4) is 0 Å². The SMILES string of the molecule is CC(C)(C)CN1CCC[C@@H]1CN. The zero-order valence-electron chi connectivity index (χ0n) is 8.64. The number of rotatable bonds is 2. The molecule has 1 atom stereocenters. The van der Waals surface area contributed by atoms with Crippen molar-refractivity contribution in [2.75, 3.05) is 19.6 Å². The molecule has 0 aliphatic carbocycles. The molecule has 0 aromatic rings. The highest BCUT2D eigenvalue weighted by Gasteiger charge is 2.26. The fraction of sp³-hybridized carbons (Fsp3) is 1.00. The van der Waals surface area contributed by atoms with Crippen molar-refractivity contribution in [1.29, 1.82) is 0 Å². The molecule has 2 nitrogen and oxygen atoms in total. The molecule has 1 saturated heterocycles. The van der Waals surface area contributed by atoms with Crippen molar-refractivity contribution in [1.82, 2.24) is 4.90 Å². The van der Waals surface area contributed by atoms with E-state index in [9.17, 15) is 0 Å². The van der Waals surface area contributed by atoms with Crippen LogP contribution in [-0.4, -0.2) is 30.6 Å². The zero-order valence-corrected chi connectivity index (χ0v) is 8.64. The summed E-state index contributed by atoms with van der Waals surface area (Å²) in [7, 11) is 0. The van der Waals surface area contributed by atoms with Gasteiger partial charge in [0.25, 0.3) is 0 Å². The van der Waals surface area contributed by atoms with Gasteiger partial charge in [0.1, 0.15) is 0 Å². The molecular formula is C10H22N2. The summed E-state index contributed by atoms with van der Waals surface area (Å²) in [5.41, 5.74) is 6.12. The van der Waals surface area contributed by atoms with Crippen LogP contribution in [0.1, 0.15) is 33.6 Å². The van der Waals surface area contributed by atoms with Crippen LogP contribution >= 0.6 is 0 Å². The minimum atomic E-state index is 0.414. The molecule has 1 heterocycles. The van der Waals surface area contributed by atoms with Crippen LogP contribution in [0.4, 0.5) is 0 Å². The number of hydrogen-bond donors (Lipinski definition) is 1.